The van der Waals surface area contributed by atoms with Gasteiger partial charge < -0.3 is 9.47 Å². The first-order valence-electron chi connectivity index (χ1n) is 8.98. The lowest BCUT2D eigenvalue weighted by atomic mass is 10.1. The summed E-state index contributed by atoms with van der Waals surface area (Å²) >= 11 is 0. The second kappa shape index (κ2) is 15.9. The number of hydrogen-bond acceptors (Lipinski definition) is 4. The summed E-state index contributed by atoms with van der Waals surface area (Å²) in [4.78, 5) is 22.7. The number of carbonyl (C=O) groups is 2. The van der Waals surface area contributed by atoms with E-state index in [1.807, 2.05) is 6.92 Å². The Kier molecular flexibility index (Phi) is 14.6. The van der Waals surface area contributed by atoms with Crippen LogP contribution in [0, 0.1) is 23.7 Å². The molecule has 0 bridgehead atoms. The van der Waals surface area contributed by atoms with E-state index in [1.54, 1.807) is 13.8 Å². The van der Waals surface area contributed by atoms with Crippen molar-refractivity contribution in [1.82, 2.24) is 0 Å². The molecular weight excluding hydrogens is 304 g/mol. The quantitative estimate of drug-likeness (QED) is 0.244. The number of esters is 2. The smallest absolute Gasteiger partial charge is 0.308 e. The third-order valence-corrected chi connectivity index (χ3v) is 3.26. The normalized spacial score (nSPS) is 9.50. The summed E-state index contributed by atoms with van der Waals surface area (Å²) in [5, 5.41) is 0. The molecule has 0 saturated carbocycles. The van der Waals surface area contributed by atoms with Gasteiger partial charge in [-0.25, -0.2) is 0 Å². The predicted molar refractivity (Wildman–Crippen MR) is 94.7 cm³/mol. The number of unbranched alkanes of at least 4 members (excludes halogenated alkanes) is 5. The van der Waals surface area contributed by atoms with Crippen LogP contribution in [-0.4, -0.2) is 18.2 Å². The van der Waals surface area contributed by atoms with Gasteiger partial charge in [-0.15, -0.1) is 0 Å². The summed E-state index contributed by atoms with van der Waals surface area (Å²) in [6.45, 7) is 5.45. The van der Waals surface area contributed by atoms with Gasteiger partial charge in [0, 0.05) is 32.1 Å². The number of rotatable bonds is 11. The van der Waals surface area contributed by atoms with Gasteiger partial charge in [-0.3, -0.25) is 9.59 Å². The maximum absolute atomic E-state index is 11.4. The summed E-state index contributed by atoms with van der Waals surface area (Å²) in [7, 11) is 0. The van der Waals surface area contributed by atoms with Crippen LogP contribution in [0.5, 0.6) is 0 Å². The van der Waals surface area contributed by atoms with Crippen LogP contribution < -0.4 is 0 Å². The fourth-order valence-corrected chi connectivity index (χ4v) is 1.90. The van der Waals surface area contributed by atoms with Crippen LogP contribution in [-0.2, 0) is 19.1 Å². The van der Waals surface area contributed by atoms with Crippen molar-refractivity contribution < 1.29 is 19.1 Å². The second-order valence-corrected chi connectivity index (χ2v) is 5.38. The van der Waals surface area contributed by atoms with E-state index in [0.717, 1.165) is 44.9 Å². The van der Waals surface area contributed by atoms with E-state index in [9.17, 15) is 9.59 Å². The molecule has 24 heavy (non-hydrogen) atoms. The molecule has 0 radical (unpaired) electrons. The molecule has 0 aromatic carbocycles. The SMILES string of the molecule is CCC#CC#CCCCCCCCC(OC(=O)CC)OC(=O)CC. The standard InChI is InChI=1S/C20H30O4/c1-4-7-8-9-10-11-12-13-14-15-16-17-20(23-18(21)5-2)24-19(22)6-3/h20H,4-6,11-17H2,1-3H3. The van der Waals surface area contributed by atoms with Crippen molar-refractivity contribution in [1.29, 1.82) is 0 Å². The van der Waals surface area contributed by atoms with E-state index in [1.165, 1.54) is 0 Å². The molecule has 0 aromatic rings. The Morgan fingerprint density at radius 2 is 1.33 bits per heavy atom. The van der Waals surface area contributed by atoms with Crippen molar-refractivity contribution in [3.8, 4) is 23.7 Å². The minimum Gasteiger partial charge on any atom is -0.425 e. The van der Waals surface area contributed by atoms with Gasteiger partial charge in [-0.05, 0) is 24.7 Å². The zero-order valence-corrected chi connectivity index (χ0v) is 15.3. The average Bonchev–Trinajstić information content (AvgIpc) is 2.59. The molecule has 0 aliphatic heterocycles. The molecule has 0 saturated heterocycles. The van der Waals surface area contributed by atoms with Crippen molar-refractivity contribution in [2.45, 2.75) is 91.3 Å². The maximum atomic E-state index is 11.4. The Morgan fingerprint density at radius 3 is 1.92 bits per heavy atom. The molecule has 0 amide bonds. The van der Waals surface area contributed by atoms with Crippen molar-refractivity contribution in [3.63, 3.8) is 0 Å². The Hall–Kier alpha value is -1.94. The third kappa shape index (κ3) is 13.7. The van der Waals surface area contributed by atoms with E-state index in [-0.39, 0.29) is 24.8 Å². The predicted octanol–water partition coefficient (Wildman–Crippen LogP) is 4.37. The van der Waals surface area contributed by atoms with Gasteiger partial charge in [0.2, 0.25) is 6.29 Å². The highest BCUT2D eigenvalue weighted by Crippen LogP contribution is 2.12. The average molecular weight is 334 g/mol. The van der Waals surface area contributed by atoms with E-state index >= 15 is 0 Å². The molecule has 0 aliphatic carbocycles. The Balaban J connectivity index is 3.83. The van der Waals surface area contributed by atoms with Crippen LogP contribution in [0.25, 0.3) is 0 Å². The lowest BCUT2D eigenvalue weighted by Gasteiger charge is -2.17. The van der Waals surface area contributed by atoms with Crippen LogP contribution >= 0.6 is 0 Å². The first-order valence-corrected chi connectivity index (χ1v) is 8.98. The maximum Gasteiger partial charge on any atom is 0.308 e. The molecule has 0 aromatic heterocycles. The van der Waals surface area contributed by atoms with Crippen LogP contribution in [0.3, 0.4) is 0 Å². The summed E-state index contributed by atoms with van der Waals surface area (Å²) in [5.74, 6) is 10.9. The van der Waals surface area contributed by atoms with E-state index < -0.39 is 6.29 Å². The molecule has 0 heterocycles. The molecule has 4 nitrogen and oxygen atoms in total. The Morgan fingerprint density at radius 1 is 0.792 bits per heavy atom. The summed E-state index contributed by atoms with van der Waals surface area (Å²) < 4.78 is 10.3. The van der Waals surface area contributed by atoms with Gasteiger partial charge in [0.05, 0.1) is 0 Å². The van der Waals surface area contributed by atoms with Crippen LogP contribution in [0.2, 0.25) is 0 Å². The summed E-state index contributed by atoms with van der Waals surface area (Å²) in [5.41, 5.74) is 0. The molecule has 0 rings (SSSR count). The van der Waals surface area contributed by atoms with Crippen molar-refractivity contribution in [2.24, 2.45) is 0 Å². The first-order chi connectivity index (χ1) is 11.6. The fraction of sp³-hybridized carbons (Fsp3) is 0.700. The molecule has 0 unspecified atom stereocenters. The first kappa shape index (κ1) is 22.1. The topological polar surface area (TPSA) is 52.6 Å². The van der Waals surface area contributed by atoms with Crippen LogP contribution in [0.15, 0.2) is 0 Å². The van der Waals surface area contributed by atoms with Gasteiger partial charge in [0.25, 0.3) is 0 Å². The lowest BCUT2D eigenvalue weighted by molar-refractivity contribution is -0.188. The second-order valence-electron chi connectivity index (χ2n) is 5.38. The van der Waals surface area contributed by atoms with E-state index in [2.05, 4.69) is 23.7 Å². The molecule has 0 aliphatic rings. The monoisotopic (exact) mass is 334 g/mol. The van der Waals surface area contributed by atoms with Gasteiger partial charge in [0.1, 0.15) is 0 Å². The molecule has 0 N–H and O–H groups in total. The molecule has 4 heteroatoms. The van der Waals surface area contributed by atoms with Crippen molar-refractivity contribution in [3.05, 3.63) is 0 Å². The molecule has 0 spiro atoms. The van der Waals surface area contributed by atoms with Gasteiger partial charge in [-0.2, -0.15) is 0 Å². The highest BCUT2D eigenvalue weighted by atomic mass is 16.7. The molecule has 0 atom stereocenters. The largest absolute Gasteiger partial charge is 0.425 e. The van der Waals surface area contributed by atoms with Gasteiger partial charge in [0.15, 0.2) is 0 Å². The van der Waals surface area contributed by atoms with E-state index in [4.69, 9.17) is 9.47 Å². The zero-order valence-electron chi connectivity index (χ0n) is 15.3. The van der Waals surface area contributed by atoms with Crippen molar-refractivity contribution >= 4 is 11.9 Å². The van der Waals surface area contributed by atoms with Crippen LogP contribution in [0.4, 0.5) is 0 Å². The molecule has 134 valence electrons. The minimum absolute atomic E-state index is 0.282. The van der Waals surface area contributed by atoms with Gasteiger partial charge >= 0.3 is 11.9 Å². The van der Waals surface area contributed by atoms with Gasteiger partial charge in [-0.1, -0.05) is 51.9 Å². The number of hydrogen-bond donors (Lipinski definition) is 0. The van der Waals surface area contributed by atoms with E-state index in [0.29, 0.717) is 6.42 Å². The highest BCUT2D eigenvalue weighted by Gasteiger charge is 2.16. The Labute approximate surface area is 146 Å². The van der Waals surface area contributed by atoms with Crippen molar-refractivity contribution in [2.75, 3.05) is 0 Å². The number of ether oxygens (including phenoxy) is 2. The highest BCUT2D eigenvalue weighted by molar-refractivity contribution is 5.71. The number of carbonyl (C=O) groups excluding carboxylic acids is 2. The molecule has 0 fully saturated rings. The minimum atomic E-state index is -0.743. The molecular formula is C20H30O4. The third-order valence-electron chi connectivity index (χ3n) is 3.26. The summed E-state index contributed by atoms with van der Waals surface area (Å²) in [6, 6.07) is 0. The Bertz CT molecular complexity index is 455. The summed E-state index contributed by atoms with van der Waals surface area (Å²) in [6.07, 6.45) is 7.27. The lowest BCUT2D eigenvalue weighted by Crippen LogP contribution is -2.24. The fourth-order valence-electron chi connectivity index (χ4n) is 1.90. The zero-order chi connectivity index (χ0) is 18.0. The van der Waals surface area contributed by atoms with Crippen LogP contribution in [0.1, 0.15) is 85.0 Å².